The van der Waals surface area contributed by atoms with E-state index in [1.165, 1.54) is 0 Å². The molecule has 2 N–H and O–H groups in total. The molecule has 0 atom stereocenters. The molecule has 0 aliphatic carbocycles. The van der Waals surface area contributed by atoms with Crippen molar-refractivity contribution in [3.05, 3.63) is 33.4 Å². The summed E-state index contributed by atoms with van der Waals surface area (Å²) >= 11 is 12.2. The third kappa shape index (κ3) is 1.62. The predicted octanol–water partition coefficient (Wildman–Crippen LogP) is 3.99. The first-order chi connectivity index (χ1) is 7.56. The summed E-state index contributed by atoms with van der Waals surface area (Å²) in [6.45, 7) is 3.98. The van der Waals surface area contributed by atoms with Crippen LogP contribution >= 0.6 is 23.2 Å². The normalized spacial score (nSPS) is 11.0. The van der Waals surface area contributed by atoms with Crippen molar-refractivity contribution in [3.8, 4) is 0 Å². The van der Waals surface area contributed by atoms with Crippen LogP contribution in [0.15, 0.2) is 12.1 Å². The van der Waals surface area contributed by atoms with Gasteiger partial charge in [-0.25, -0.2) is 0 Å². The Bertz CT molecular complexity index is 565. The number of rotatable bonds is 1. The van der Waals surface area contributed by atoms with Crippen molar-refractivity contribution in [2.75, 3.05) is 5.73 Å². The number of aryl methyl sites for hydroxylation is 1. The number of fused-ring (bicyclic) bond motifs is 1. The molecule has 0 bridgehead atoms. The summed E-state index contributed by atoms with van der Waals surface area (Å²) in [4.78, 5) is 4.47. The maximum Gasteiger partial charge on any atom is 0.0927 e. The molecule has 0 saturated carbocycles. The minimum atomic E-state index is 0.580. The highest BCUT2D eigenvalue weighted by Gasteiger charge is 2.13. The maximum absolute atomic E-state index is 6.14. The molecule has 16 heavy (non-hydrogen) atoms. The molecule has 0 unspecified atom stereocenters. The Morgan fingerprint density at radius 1 is 1.25 bits per heavy atom. The number of nitrogens with two attached hydrogens (primary N) is 1. The van der Waals surface area contributed by atoms with Gasteiger partial charge < -0.3 is 5.73 Å². The summed E-state index contributed by atoms with van der Waals surface area (Å²) in [6.07, 6.45) is 0.837. The fourth-order valence-corrected chi connectivity index (χ4v) is 2.39. The van der Waals surface area contributed by atoms with Gasteiger partial charge in [-0.1, -0.05) is 30.1 Å². The van der Waals surface area contributed by atoms with E-state index in [-0.39, 0.29) is 0 Å². The Balaban J connectivity index is 2.98. The molecular formula is C12H12Cl2N2. The molecule has 0 saturated heterocycles. The van der Waals surface area contributed by atoms with E-state index in [1.807, 2.05) is 13.8 Å². The van der Waals surface area contributed by atoms with Crippen LogP contribution in [0.5, 0.6) is 0 Å². The van der Waals surface area contributed by atoms with Gasteiger partial charge in [0, 0.05) is 16.8 Å². The highest BCUT2D eigenvalue weighted by molar-refractivity contribution is 6.40. The first-order valence-corrected chi connectivity index (χ1v) is 5.84. The summed E-state index contributed by atoms with van der Waals surface area (Å²) in [5.41, 5.74) is 9.44. The second-order valence-electron chi connectivity index (χ2n) is 3.70. The second kappa shape index (κ2) is 4.11. The van der Waals surface area contributed by atoms with Gasteiger partial charge in [0.05, 0.1) is 15.6 Å². The number of anilines is 1. The number of benzene rings is 1. The topological polar surface area (TPSA) is 38.9 Å². The number of hydrogen-bond donors (Lipinski definition) is 1. The van der Waals surface area contributed by atoms with Gasteiger partial charge in [-0.3, -0.25) is 4.98 Å². The summed E-state index contributed by atoms with van der Waals surface area (Å²) in [6, 6.07) is 3.49. The summed E-state index contributed by atoms with van der Waals surface area (Å²) < 4.78 is 0. The van der Waals surface area contributed by atoms with E-state index in [0.717, 1.165) is 23.1 Å². The molecule has 0 spiro atoms. The number of nitrogens with zero attached hydrogens (tertiary/aromatic N) is 1. The van der Waals surface area contributed by atoms with Crippen molar-refractivity contribution in [3.63, 3.8) is 0 Å². The van der Waals surface area contributed by atoms with Crippen LogP contribution in [-0.4, -0.2) is 4.98 Å². The third-order valence-electron chi connectivity index (χ3n) is 2.74. The lowest BCUT2D eigenvalue weighted by Gasteiger charge is -2.12. The fraction of sp³-hybridized carbons (Fsp3) is 0.250. The first-order valence-electron chi connectivity index (χ1n) is 5.09. The van der Waals surface area contributed by atoms with Crippen molar-refractivity contribution in [2.24, 2.45) is 0 Å². The van der Waals surface area contributed by atoms with Crippen LogP contribution in [0.1, 0.15) is 18.2 Å². The molecule has 0 aliphatic rings. The van der Waals surface area contributed by atoms with Crippen LogP contribution in [0.2, 0.25) is 10.0 Å². The molecule has 2 rings (SSSR count). The smallest absolute Gasteiger partial charge is 0.0927 e. The monoisotopic (exact) mass is 254 g/mol. The Morgan fingerprint density at radius 2 is 1.88 bits per heavy atom. The van der Waals surface area contributed by atoms with Crippen LogP contribution in [0.25, 0.3) is 10.9 Å². The molecule has 4 heteroatoms. The third-order valence-corrected chi connectivity index (χ3v) is 3.36. The van der Waals surface area contributed by atoms with E-state index in [2.05, 4.69) is 4.98 Å². The van der Waals surface area contributed by atoms with Gasteiger partial charge in [0.1, 0.15) is 0 Å². The number of pyridine rings is 1. The number of hydrogen-bond acceptors (Lipinski definition) is 2. The predicted molar refractivity (Wildman–Crippen MR) is 70.3 cm³/mol. The average molecular weight is 255 g/mol. The SMILES string of the molecule is CCc1c(C)nc2c(Cl)ccc(Cl)c2c1N. The van der Waals surface area contributed by atoms with E-state index in [1.54, 1.807) is 12.1 Å². The van der Waals surface area contributed by atoms with Crippen molar-refractivity contribution < 1.29 is 0 Å². The van der Waals surface area contributed by atoms with E-state index in [0.29, 0.717) is 21.2 Å². The molecule has 1 heterocycles. The van der Waals surface area contributed by atoms with Crippen LogP contribution in [0.4, 0.5) is 5.69 Å². The lowest BCUT2D eigenvalue weighted by molar-refractivity contribution is 1.07. The molecule has 0 radical (unpaired) electrons. The molecule has 1 aromatic heterocycles. The van der Waals surface area contributed by atoms with Gasteiger partial charge >= 0.3 is 0 Å². The molecule has 1 aromatic carbocycles. The molecule has 0 aliphatic heterocycles. The van der Waals surface area contributed by atoms with E-state index < -0.39 is 0 Å². The van der Waals surface area contributed by atoms with Gasteiger partial charge in [0.15, 0.2) is 0 Å². The van der Waals surface area contributed by atoms with Crippen LogP contribution in [-0.2, 0) is 6.42 Å². The molecule has 0 fully saturated rings. The number of nitrogen functional groups attached to an aromatic ring is 1. The zero-order chi connectivity index (χ0) is 11.9. The average Bonchev–Trinajstić information content (AvgIpc) is 2.24. The van der Waals surface area contributed by atoms with Crippen molar-refractivity contribution in [1.29, 1.82) is 0 Å². The van der Waals surface area contributed by atoms with Crippen molar-refractivity contribution >= 4 is 39.8 Å². The Hall–Kier alpha value is -0.990. The minimum absolute atomic E-state index is 0.580. The lowest BCUT2D eigenvalue weighted by atomic mass is 10.0. The zero-order valence-electron chi connectivity index (χ0n) is 9.14. The molecule has 2 aromatic rings. The summed E-state index contributed by atoms with van der Waals surface area (Å²) in [5, 5.41) is 1.94. The van der Waals surface area contributed by atoms with Gasteiger partial charge in [-0.05, 0) is 31.0 Å². The van der Waals surface area contributed by atoms with E-state index in [4.69, 9.17) is 28.9 Å². The Kier molecular flexibility index (Phi) is 2.96. The van der Waals surface area contributed by atoms with Crippen molar-refractivity contribution in [2.45, 2.75) is 20.3 Å². The summed E-state index contributed by atoms with van der Waals surface area (Å²) in [7, 11) is 0. The standard InChI is InChI=1S/C12H12Cl2N2/c1-3-7-6(2)16-12-9(14)5-4-8(13)10(12)11(7)15/h4-5H,3H2,1-2H3,(H2,15,16). The second-order valence-corrected chi connectivity index (χ2v) is 4.51. The number of halogens is 2. The Labute approximate surface area is 104 Å². The van der Waals surface area contributed by atoms with E-state index >= 15 is 0 Å². The zero-order valence-corrected chi connectivity index (χ0v) is 10.7. The number of aromatic nitrogens is 1. The van der Waals surface area contributed by atoms with Gasteiger partial charge in [-0.2, -0.15) is 0 Å². The van der Waals surface area contributed by atoms with Gasteiger partial charge in [0.2, 0.25) is 0 Å². The fourth-order valence-electron chi connectivity index (χ4n) is 1.93. The highest BCUT2D eigenvalue weighted by atomic mass is 35.5. The van der Waals surface area contributed by atoms with Gasteiger partial charge in [0.25, 0.3) is 0 Å². The maximum atomic E-state index is 6.14. The minimum Gasteiger partial charge on any atom is -0.398 e. The summed E-state index contributed by atoms with van der Waals surface area (Å²) in [5.74, 6) is 0. The lowest BCUT2D eigenvalue weighted by Crippen LogP contribution is -2.01. The van der Waals surface area contributed by atoms with E-state index in [9.17, 15) is 0 Å². The largest absolute Gasteiger partial charge is 0.398 e. The van der Waals surface area contributed by atoms with Gasteiger partial charge in [-0.15, -0.1) is 0 Å². The van der Waals surface area contributed by atoms with Crippen LogP contribution in [0, 0.1) is 6.92 Å². The highest BCUT2D eigenvalue weighted by Crippen LogP contribution is 2.35. The van der Waals surface area contributed by atoms with Crippen molar-refractivity contribution in [1.82, 2.24) is 4.98 Å². The molecular weight excluding hydrogens is 243 g/mol. The molecule has 2 nitrogen and oxygen atoms in total. The Morgan fingerprint density at radius 3 is 2.50 bits per heavy atom. The molecule has 84 valence electrons. The quantitative estimate of drug-likeness (QED) is 0.836. The van der Waals surface area contributed by atoms with Crippen LogP contribution < -0.4 is 5.73 Å². The first kappa shape index (κ1) is 11.5. The molecule has 0 amide bonds. The van der Waals surface area contributed by atoms with Crippen LogP contribution in [0.3, 0.4) is 0 Å².